The van der Waals surface area contributed by atoms with Crippen LogP contribution in [0.3, 0.4) is 0 Å². The number of esters is 4. The van der Waals surface area contributed by atoms with Crippen molar-refractivity contribution in [2.75, 3.05) is 28.4 Å². The first-order chi connectivity index (χ1) is 35.1. The van der Waals surface area contributed by atoms with Crippen LogP contribution in [0.2, 0.25) is 0 Å². The van der Waals surface area contributed by atoms with E-state index in [9.17, 15) is 24.3 Å². The third-order valence-electron chi connectivity index (χ3n) is 11.2. The number of carbonyl (C=O) groups is 4. The maximum Gasteiger partial charge on any atom is 0.337 e. The lowest BCUT2D eigenvalue weighted by molar-refractivity contribution is 0.0592. The molecule has 370 valence electrons. The molecule has 0 fully saturated rings. The second-order valence-corrected chi connectivity index (χ2v) is 15.9. The van der Waals surface area contributed by atoms with Crippen molar-refractivity contribution in [3.05, 3.63) is 213 Å². The van der Waals surface area contributed by atoms with Crippen LogP contribution >= 0.6 is 0 Å². The van der Waals surface area contributed by atoms with Gasteiger partial charge in [-0.2, -0.15) is 0 Å². The van der Waals surface area contributed by atoms with Crippen LogP contribution < -0.4 is 28.4 Å². The highest BCUT2D eigenvalue weighted by molar-refractivity contribution is 5.90. The molecule has 7 rings (SSSR count). The van der Waals surface area contributed by atoms with E-state index < -0.39 is 23.9 Å². The van der Waals surface area contributed by atoms with E-state index in [2.05, 4.69) is 0 Å². The van der Waals surface area contributed by atoms with Gasteiger partial charge in [-0.1, -0.05) is 84.9 Å². The Balaban J connectivity index is 1.13. The summed E-state index contributed by atoms with van der Waals surface area (Å²) in [5.41, 5.74) is 6.44. The highest BCUT2D eigenvalue weighted by atomic mass is 16.5. The van der Waals surface area contributed by atoms with Crippen molar-refractivity contribution in [2.24, 2.45) is 0 Å². The minimum Gasteiger partial charge on any atom is -0.485 e. The highest BCUT2D eigenvalue weighted by Crippen LogP contribution is 2.39. The zero-order valence-electron chi connectivity index (χ0n) is 40.0. The summed E-state index contributed by atoms with van der Waals surface area (Å²) in [6, 6.07) is 43.5. The summed E-state index contributed by atoms with van der Waals surface area (Å²) >= 11 is 0. The van der Waals surface area contributed by atoms with Crippen molar-refractivity contribution in [2.45, 2.75) is 46.2 Å². The standard InChI is InChI=1S/C57H52O15/c1-63-54(59)41-22-14-37(15-23-41)31-67-49-12-6-9-46(52(49)70-33-39-18-26-43(27-19-39)56(61)65-3)35-69-48-11-5-8-45(30-58)51(48)72-36-47-10-7-13-50(68-32-38-16-24-42(25-17-38)55(60)64-2)53(47)71-34-40-20-28-44(29-21-40)57(62)66-4/h5-29,58H,30-36H2,1-4H3. The van der Waals surface area contributed by atoms with Crippen LogP contribution in [0.5, 0.6) is 34.5 Å². The van der Waals surface area contributed by atoms with Gasteiger partial charge in [-0.05, 0) is 89.0 Å². The molecule has 15 nitrogen and oxygen atoms in total. The molecule has 0 saturated heterocycles. The van der Waals surface area contributed by atoms with Gasteiger partial charge in [-0.3, -0.25) is 0 Å². The molecule has 0 aliphatic heterocycles. The van der Waals surface area contributed by atoms with Gasteiger partial charge in [-0.25, -0.2) is 19.2 Å². The van der Waals surface area contributed by atoms with Gasteiger partial charge in [0.25, 0.3) is 0 Å². The predicted octanol–water partition coefficient (Wildman–Crippen LogP) is 9.80. The Kier molecular flexibility index (Phi) is 17.8. The van der Waals surface area contributed by atoms with Gasteiger partial charge in [0.2, 0.25) is 0 Å². The SMILES string of the molecule is COC(=O)c1ccc(COc2cccc(COc3cccc(CO)c3OCc3cccc(OCc4ccc(C(=O)OC)cc4)c3OCc3ccc(C(=O)OC)cc3)c2OCc2ccc(C(=O)OC)cc2)cc1. The van der Waals surface area contributed by atoms with Crippen LogP contribution in [0.25, 0.3) is 0 Å². The Bertz CT molecular complexity index is 2950. The van der Waals surface area contributed by atoms with Gasteiger partial charge >= 0.3 is 23.9 Å². The van der Waals surface area contributed by atoms with Gasteiger partial charge in [0, 0.05) is 16.7 Å². The lowest BCUT2D eigenvalue weighted by Crippen LogP contribution is -2.08. The van der Waals surface area contributed by atoms with E-state index in [4.69, 9.17) is 47.4 Å². The molecule has 15 heteroatoms. The first-order valence-electron chi connectivity index (χ1n) is 22.5. The molecule has 0 atom stereocenters. The van der Waals surface area contributed by atoms with Crippen molar-refractivity contribution in [3.63, 3.8) is 0 Å². The number of hydrogen-bond donors (Lipinski definition) is 1. The average Bonchev–Trinajstić information content (AvgIpc) is 3.43. The van der Waals surface area contributed by atoms with E-state index in [0.717, 1.165) is 22.3 Å². The smallest absolute Gasteiger partial charge is 0.337 e. The van der Waals surface area contributed by atoms with Gasteiger partial charge < -0.3 is 52.5 Å². The molecule has 0 radical (unpaired) electrons. The molecule has 0 amide bonds. The van der Waals surface area contributed by atoms with E-state index in [1.807, 2.05) is 24.3 Å². The number of methoxy groups -OCH3 is 4. The quantitative estimate of drug-likeness (QED) is 0.0472. The Morgan fingerprint density at radius 1 is 0.319 bits per heavy atom. The van der Waals surface area contributed by atoms with Gasteiger partial charge in [0.15, 0.2) is 34.5 Å². The topological polar surface area (TPSA) is 181 Å². The van der Waals surface area contributed by atoms with Gasteiger partial charge in [0.05, 0.1) is 57.3 Å². The Morgan fingerprint density at radius 2 is 0.569 bits per heavy atom. The van der Waals surface area contributed by atoms with Crippen LogP contribution in [0.15, 0.2) is 152 Å². The molecule has 0 heterocycles. The minimum atomic E-state index is -0.457. The van der Waals surface area contributed by atoms with Gasteiger partial charge in [-0.15, -0.1) is 0 Å². The van der Waals surface area contributed by atoms with Crippen LogP contribution in [0.1, 0.15) is 80.4 Å². The van der Waals surface area contributed by atoms with E-state index >= 15 is 0 Å². The normalized spacial score (nSPS) is 10.6. The molecule has 0 saturated carbocycles. The first kappa shape index (κ1) is 51.0. The predicted molar refractivity (Wildman–Crippen MR) is 262 cm³/mol. The summed E-state index contributed by atoms with van der Waals surface area (Å²) in [5, 5.41) is 10.6. The zero-order chi connectivity index (χ0) is 50.8. The Labute approximate surface area is 416 Å². The van der Waals surface area contributed by atoms with Crippen LogP contribution in [0, 0.1) is 0 Å². The lowest BCUT2D eigenvalue weighted by atomic mass is 10.1. The van der Waals surface area contributed by atoms with Crippen LogP contribution in [-0.4, -0.2) is 57.4 Å². The fraction of sp³-hybridized carbons (Fsp3) is 0.193. The summed E-state index contributed by atoms with van der Waals surface area (Å²) in [6.45, 7) is 0.105. The third-order valence-corrected chi connectivity index (χ3v) is 11.2. The summed E-state index contributed by atoms with van der Waals surface area (Å²) in [6.07, 6.45) is 0. The van der Waals surface area contributed by atoms with Gasteiger partial charge in [0.1, 0.15) is 39.6 Å². The molecule has 0 aliphatic carbocycles. The fourth-order valence-corrected chi connectivity index (χ4v) is 7.23. The molecule has 0 aliphatic rings. The van der Waals surface area contributed by atoms with Crippen molar-refractivity contribution < 1.29 is 71.7 Å². The molecular formula is C57H52O15. The van der Waals surface area contributed by atoms with Crippen molar-refractivity contribution >= 4 is 23.9 Å². The van der Waals surface area contributed by atoms with E-state index in [1.165, 1.54) is 28.4 Å². The molecule has 0 spiro atoms. The number of rotatable bonds is 23. The third kappa shape index (κ3) is 13.3. The molecule has 0 bridgehead atoms. The minimum absolute atomic E-state index is 0.0139. The van der Waals surface area contributed by atoms with Crippen molar-refractivity contribution in [1.29, 1.82) is 0 Å². The van der Waals surface area contributed by atoms with E-state index in [1.54, 1.807) is 127 Å². The zero-order valence-corrected chi connectivity index (χ0v) is 40.0. The largest absolute Gasteiger partial charge is 0.485 e. The number of aliphatic hydroxyl groups excluding tert-OH is 1. The summed E-state index contributed by atoms with van der Waals surface area (Å²) in [4.78, 5) is 48.2. The number of ether oxygens (including phenoxy) is 10. The molecule has 7 aromatic carbocycles. The molecule has 1 N–H and O–H groups in total. The molecule has 0 aromatic heterocycles. The van der Waals surface area contributed by atoms with E-state index in [0.29, 0.717) is 67.7 Å². The highest BCUT2D eigenvalue weighted by Gasteiger charge is 2.20. The maximum atomic E-state index is 12.1. The monoisotopic (exact) mass is 976 g/mol. The summed E-state index contributed by atoms with van der Waals surface area (Å²) < 4.78 is 57.9. The van der Waals surface area contributed by atoms with Crippen molar-refractivity contribution in [1.82, 2.24) is 0 Å². The number of hydrogen-bond acceptors (Lipinski definition) is 15. The second-order valence-electron chi connectivity index (χ2n) is 15.9. The van der Waals surface area contributed by atoms with Crippen LogP contribution in [0.4, 0.5) is 0 Å². The average molecular weight is 977 g/mol. The summed E-state index contributed by atoms with van der Waals surface area (Å²) in [5.74, 6) is 0.447. The number of benzene rings is 7. The Morgan fingerprint density at radius 3 is 0.875 bits per heavy atom. The number of carbonyl (C=O) groups excluding carboxylic acids is 4. The number of aliphatic hydroxyl groups is 1. The molecule has 7 aromatic rings. The van der Waals surface area contributed by atoms with Crippen molar-refractivity contribution in [3.8, 4) is 34.5 Å². The molecule has 0 unspecified atom stereocenters. The maximum absolute atomic E-state index is 12.1. The number of para-hydroxylation sites is 3. The lowest BCUT2D eigenvalue weighted by Gasteiger charge is -2.20. The second kappa shape index (κ2) is 25.2. The fourth-order valence-electron chi connectivity index (χ4n) is 7.23. The van der Waals surface area contributed by atoms with Crippen LogP contribution in [-0.2, 0) is 65.2 Å². The molecule has 72 heavy (non-hydrogen) atoms. The van der Waals surface area contributed by atoms with E-state index in [-0.39, 0.29) is 52.0 Å². The summed E-state index contributed by atoms with van der Waals surface area (Å²) in [7, 11) is 5.29. The first-order valence-corrected chi connectivity index (χ1v) is 22.5. The molecular weight excluding hydrogens is 925 g/mol. The Hall–Kier alpha value is -8.82.